The normalized spacial score (nSPS) is 12.3. The van der Waals surface area contributed by atoms with Crippen LogP contribution in [0, 0.1) is 6.92 Å². The lowest BCUT2D eigenvalue weighted by atomic mass is 10.0. The minimum Gasteiger partial charge on any atom is -0.487 e. The highest BCUT2D eigenvalue weighted by atomic mass is 79.9. The fourth-order valence-corrected chi connectivity index (χ4v) is 5.90. The van der Waals surface area contributed by atoms with Crippen LogP contribution in [-0.4, -0.2) is 27.1 Å². The van der Waals surface area contributed by atoms with Gasteiger partial charge in [-0.05, 0) is 74.2 Å². The average Bonchev–Trinajstić information content (AvgIpc) is 2.84. The number of benzene rings is 3. The second-order valence-corrected chi connectivity index (χ2v) is 11.2. The Kier molecular flexibility index (Phi) is 10.0. The van der Waals surface area contributed by atoms with E-state index in [-0.39, 0.29) is 11.3 Å². The van der Waals surface area contributed by atoms with Gasteiger partial charge in [0, 0.05) is 6.42 Å². The summed E-state index contributed by atoms with van der Waals surface area (Å²) in [5.41, 5.74) is 4.79. The molecule has 0 heterocycles. The maximum Gasteiger partial charge on any atom is 0.242 e. The van der Waals surface area contributed by atoms with Gasteiger partial charge in [-0.25, -0.2) is 18.6 Å². The Hall–Kier alpha value is -2.79. The van der Waals surface area contributed by atoms with E-state index in [0.29, 0.717) is 32.4 Å². The molecule has 3 rings (SSSR count). The zero-order chi connectivity index (χ0) is 26.1. The van der Waals surface area contributed by atoms with Gasteiger partial charge in [0.15, 0.2) is 0 Å². The van der Waals surface area contributed by atoms with Crippen LogP contribution in [0.4, 0.5) is 0 Å². The highest BCUT2D eigenvalue weighted by Gasteiger charge is 2.23. The van der Waals surface area contributed by atoms with Crippen LogP contribution in [0.5, 0.6) is 5.75 Å². The van der Waals surface area contributed by atoms with Gasteiger partial charge in [-0.15, -0.1) is 0 Å². The topological polar surface area (TPSA) is 96.9 Å². The molecular weight excluding hydrogens is 610 g/mol. The number of rotatable bonds is 11. The SMILES string of the molecule is C=CCOc1c(Br)cc(/C=N\NC(=O)C[C@H](NS(=O)(=O)c2ccc(C)cc2)c2ccccc2)cc1Br. The van der Waals surface area contributed by atoms with Crippen molar-refractivity contribution in [3.8, 4) is 5.75 Å². The van der Waals surface area contributed by atoms with Crippen molar-refractivity contribution >= 4 is 54.0 Å². The van der Waals surface area contributed by atoms with Crippen LogP contribution in [-0.2, 0) is 14.8 Å². The Morgan fingerprint density at radius 3 is 2.33 bits per heavy atom. The maximum atomic E-state index is 13.0. The number of hydrazone groups is 1. The number of hydrogen-bond donors (Lipinski definition) is 2. The average molecular weight is 635 g/mol. The third kappa shape index (κ3) is 7.86. The molecule has 2 N–H and O–H groups in total. The molecule has 0 spiro atoms. The lowest BCUT2D eigenvalue weighted by molar-refractivity contribution is -0.121. The predicted octanol–water partition coefficient (Wildman–Crippen LogP) is 5.64. The Morgan fingerprint density at radius 1 is 1.08 bits per heavy atom. The summed E-state index contributed by atoms with van der Waals surface area (Å²) in [5.74, 6) is 0.179. The molecule has 0 unspecified atom stereocenters. The van der Waals surface area contributed by atoms with Crippen molar-refractivity contribution in [2.75, 3.05) is 6.61 Å². The number of amides is 1. The van der Waals surface area contributed by atoms with Crippen molar-refractivity contribution in [2.45, 2.75) is 24.3 Å². The third-order valence-electron chi connectivity index (χ3n) is 4.99. The van der Waals surface area contributed by atoms with E-state index in [2.05, 4.69) is 53.7 Å². The Bertz CT molecular complexity index is 1320. The van der Waals surface area contributed by atoms with Crippen molar-refractivity contribution < 1.29 is 17.9 Å². The number of nitrogens with zero attached hydrogens (tertiary/aromatic N) is 1. The number of nitrogens with one attached hydrogen (secondary N) is 2. The zero-order valence-corrected chi connectivity index (χ0v) is 23.4. The van der Waals surface area contributed by atoms with Crippen molar-refractivity contribution in [1.29, 1.82) is 0 Å². The summed E-state index contributed by atoms with van der Waals surface area (Å²) in [5, 5.41) is 4.03. The van der Waals surface area contributed by atoms with E-state index in [1.54, 1.807) is 54.6 Å². The smallest absolute Gasteiger partial charge is 0.242 e. The molecule has 1 amide bonds. The minimum atomic E-state index is -3.85. The number of halogens is 2. The molecule has 188 valence electrons. The number of carbonyl (C=O) groups is 1. The molecule has 0 fully saturated rings. The molecule has 0 saturated heterocycles. The van der Waals surface area contributed by atoms with Crippen LogP contribution in [0.3, 0.4) is 0 Å². The number of aryl methyl sites for hydroxylation is 1. The standard InChI is InChI=1S/C26H25Br2N3O4S/c1-3-13-35-26-22(27)14-19(15-23(26)28)17-29-30-25(32)16-24(20-7-5-4-6-8-20)31-36(33,34)21-11-9-18(2)10-12-21/h3-12,14-15,17,24,31H,1,13,16H2,2H3,(H,30,32)/b29-17-/t24-/m0/s1. The van der Waals surface area contributed by atoms with E-state index >= 15 is 0 Å². The zero-order valence-electron chi connectivity index (χ0n) is 19.4. The van der Waals surface area contributed by atoms with E-state index in [1.807, 2.05) is 13.0 Å². The van der Waals surface area contributed by atoms with Crippen molar-refractivity contribution in [2.24, 2.45) is 5.10 Å². The van der Waals surface area contributed by atoms with Crippen LogP contribution in [0.2, 0.25) is 0 Å². The van der Waals surface area contributed by atoms with E-state index in [0.717, 1.165) is 5.56 Å². The fourth-order valence-electron chi connectivity index (χ4n) is 3.23. The first-order valence-electron chi connectivity index (χ1n) is 10.9. The lowest BCUT2D eigenvalue weighted by Gasteiger charge is -2.18. The molecule has 7 nitrogen and oxygen atoms in total. The molecule has 10 heteroatoms. The number of sulfonamides is 1. The van der Waals surface area contributed by atoms with Crippen molar-refractivity contribution in [3.05, 3.63) is 105 Å². The first kappa shape index (κ1) is 27.8. The first-order chi connectivity index (χ1) is 17.2. The van der Waals surface area contributed by atoms with Crippen LogP contribution in [0.15, 0.2) is 98.3 Å². The van der Waals surface area contributed by atoms with Gasteiger partial charge in [0.25, 0.3) is 0 Å². The van der Waals surface area contributed by atoms with Crippen LogP contribution in [0.25, 0.3) is 0 Å². The number of hydrogen-bond acceptors (Lipinski definition) is 5. The van der Waals surface area contributed by atoms with E-state index < -0.39 is 22.0 Å². The maximum absolute atomic E-state index is 13.0. The molecule has 0 radical (unpaired) electrons. The molecule has 0 aliphatic rings. The Morgan fingerprint density at radius 2 is 1.72 bits per heavy atom. The Balaban J connectivity index is 1.71. The summed E-state index contributed by atoms with van der Waals surface area (Å²) in [4.78, 5) is 12.8. The van der Waals surface area contributed by atoms with Crippen LogP contribution < -0.4 is 14.9 Å². The number of ether oxygens (including phenoxy) is 1. The van der Waals surface area contributed by atoms with Gasteiger partial charge < -0.3 is 4.74 Å². The van der Waals surface area contributed by atoms with Gasteiger partial charge >= 0.3 is 0 Å². The predicted molar refractivity (Wildman–Crippen MR) is 149 cm³/mol. The van der Waals surface area contributed by atoms with Gasteiger partial charge in [-0.3, -0.25) is 4.79 Å². The summed E-state index contributed by atoms with van der Waals surface area (Å²) in [6, 6.07) is 18.3. The van der Waals surface area contributed by atoms with Gasteiger partial charge in [0.05, 0.1) is 26.1 Å². The highest BCUT2D eigenvalue weighted by Crippen LogP contribution is 2.34. The van der Waals surface area contributed by atoms with Gasteiger partial charge in [0.2, 0.25) is 15.9 Å². The van der Waals surface area contributed by atoms with E-state index in [9.17, 15) is 13.2 Å². The highest BCUT2D eigenvalue weighted by molar-refractivity contribution is 9.11. The quantitative estimate of drug-likeness (QED) is 0.162. The second kappa shape index (κ2) is 13.0. The van der Waals surface area contributed by atoms with Crippen molar-refractivity contribution in [1.82, 2.24) is 10.1 Å². The lowest BCUT2D eigenvalue weighted by Crippen LogP contribution is -2.32. The van der Waals surface area contributed by atoms with Crippen LogP contribution >= 0.6 is 31.9 Å². The molecule has 3 aromatic carbocycles. The fraction of sp³-hybridized carbons (Fsp3) is 0.154. The molecule has 0 aromatic heterocycles. The summed E-state index contributed by atoms with van der Waals surface area (Å²) in [6.07, 6.45) is 2.99. The molecule has 3 aromatic rings. The molecule has 1 atom stereocenters. The first-order valence-corrected chi connectivity index (χ1v) is 13.9. The molecule has 36 heavy (non-hydrogen) atoms. The molecule has 0 bridgehead atoms. The molecular formula is C26H25Br2N3O4S. The number of carbonyl (C=O) groups excluding carboxylic acids is 1. The van der Waals surface area contributed by atoms with Gasteiger partial charge in [0.1, 0.15) is 12.4 Å². The van der Waals surface area contributed by atoms with Crippen LogP contribution in [0.1, 0.15) is 29.2 Å². The molecule has 0 aliphatic carbocycles. The van der Waals surface area contributed by atoms with E-state index in [4.69, 9.17) is 4.74 Å². The Labute approximate surface area is 228 Å². The largest absolute Gasteiger partial charge is 0.487 e. The van der Waals surface area contributed by atoms with E-state index in [1.165, 1.54) is 18.3 Å². The summed E-state index contributed by atoms with van der Waals surface area (Å²) in [6.45, 7) is 5.87. The van der Waals surface area contributed by atoms with Gasteiger partial charge in [-0.2, -0.15) is 5.10 Å². The molecule has 0 aliphatic heterocycles. The summed E-state index contributed by atoms with van der Waals surface area (Å²) < 4.78 is 35.6. The second-order valence-electron chi connectivity index (χ2n) is 7.81. The third-order valence-corrected chi connectivity index (χ3v) is 7.65. The van der Waals surface area contributed by atoms with Crippen molar-refractivity contribution in [3.63, 3.8) is 0 Å². The summed E-state index contributed by atoms with van der Waals surface area (Å²) >= 11 is 6.91. The monoisotopic (exact) mass is 633 g/mol. The molecule has 0 saturated carbocycles. The van der Waals surface area contributed by atoms with Gasteiger partial charge in [-0.1, -0.05) is 60.7 Å². The summed E-state index contributed by atoms with van der Waals surface area (Å²) in [7, 11) is -3.85. The minimum absolute atomic E-state index is 0.129.